The number of halogens is 2. The van der Waals surface area contributed by atoms with Crippen LogP contribution in [0.1, 0.15) is 23.0 Å². The molecule has 0 aliphatic carbocycles. The van der Waals surface area contributed by atoms with Crippen LogP contribution in [0.5, 0.6) is 0 Å². The standard InChI is InChI=1S/C15H20N4O.2ClH/c1-11-3-5-13(6-4-11)14(16)15(20)18-8-10-19-9-7-17-12(19)2;;/h3-7,9,14H,8,10,16H2,1-2H3,(H,18,20);2*1H. The molecular weight excluding hydrogens is 323 g/mol. The van der Waals surface area contributed by atoms with Gasteiger partial charge in [-0.15, -0.1) is 24.8 Å². The quantitative estimate of drug-likeness (QED) is 0.872. The highest BCUT2D eigenvalue weighted by molar-refractivity contribution is 5.85. The van der Waals surface area contributed by atoms with Crippen molar-refractivity contribution in [3.63, 3.8) is 0 Å². The largest absolute Gasteiger partial charge is 0.353 e. The lowest BCUT2D eigenvalue weighted by Gasteiger charge is -2.13. The summed E-state index contributed by atoms with van der Waals surface area (Å²) in [6.07, 6.45) is 3.64. The van der Waals surface area contributed by atoms with E-state index in [-0.39, 0.29) is 30.7 Å². The number of aromatic nitrogens is 2. The van der Waals surface area contributed by atoms with Crippen molar-refractivity contribution in [3.8, 4) is 0 Å². The van der Waals surface area contributed by atoms with Gasteiger partial charge < -0.3 is 15.6 Å². The molecule has 0 spiro atoms. The Morgan fingerprint density at radius 1 is 1.27 bits per heavy atom. The minimum absolute atomic E-state index is 0. The second kappa shape index (κ2) is 9.46. The van der Waals surface area contributed by atoms with Gasteiger partial charge in [-0.25, -0.2) is 4.98 Å². The SMILES string of the molecule is Cc1ccc(C(N)C(=O)NCCn2ccnc2C)cc1.Cl.Cl. The monoisotopic (exact) mass is 344 g/mol. The maximum absolute atomic E-state index is 12.0. The van der Waals surface area contributed by atoms with Crippen molar-refractivity contribution in [1.29, 1.82) is 0 Å². The van der Waals surface area contributed by atoms with Gasteiger partial charge in [-0.2, -0.15) is 0 Å². The molecule has 0 fully saturated rings. The van der Waals surface area contributed by atoms with Crippen LogP contribution in [0.25, 0.3) is 0 Å². The fourth-order valence-electron chi connectivity index (χ4n) is 1.97. The lowest BCUT2D eigenvalue weighted by molar-refractivity contribution is -0.122. The van der Waals surface area contributed by atoms with Crippen LogP contribution >= 0.6 is 24.8 Å². The molecule has 2 rings (SSSR count). The van der Waals surface area contributed by atoms with E-state index in [1.54, 1.807) is 6.20 Å². The molecule has 0 saturated heterocycles. The third kappa shape index (κ3) is 5.33. The van der Waals surface area contributed by atoms with Gasteiger partial charge in [0.2, 0.25) is 5.91 Å². The van der Waals surface area contributed by atoms with Crippen LogP contribution < -0.4 is 11.1 Å². The number of rotatable bonds is 5. The summed E-state index contributed by atoms with van der Waals surface area (Å²) in [7, 11) is 0. The molecule has 0 radical (unpaired) electrons. The molecule has 1 aromatic carbocycles. The maximum Gasteiger partial charge on any atom is 0.241 e. The van der Waals surface area contributed by atoms with E-state index in [1.807, 2.05) is 48.9 Å². The molecule has 0 aliphatic heterocycles. The van der Waals surface area contributed by atoms with Crippen LogP contribution in [-0.4, -0.2) is 22.0 Å². The van der Waals surface area contributed by atoms with E-state index in [1.165, 1.54) is 0 Å². The number of amides is 1. The molecule has 2 aromatic rings. The van der Waals surface area contributed by atoms with Crippen molar-refractivity contribution in [2.24, 2.45) is 5.73 Å². The number of carbonyl (C=O) groups excluding carboxylic acids is 1. The number of aryl methyl sites for hydroxylation is 2. The molecule has 5 nitrogen and oxygen atoms in total. The van der Waals surface area contributed by atoms with Gasteiger partial charge in [-0.05, 0) is 19.4 Å². The van der Waals surface area contributed by atoms with Crippen molar-refractivity contribution in [2.45, 2.75) is 26.4 Å². The average molecular weight is 345 g/mol. The first kappa shape index (κ1) is 20.4. The number of nitrogens with zero attached hydrogens (tertiary/aromatic N) is 2. The van der Waals surface area contributed by atoms with Crippen LogP contribution in [-0.2, 0) is 11.3 Å². The number of nitrogens with two attached hydrogens (primary N) is 1. The highest BCUT2D eigenvalue weighted by Crippen LogP contribution is 2.11. The molecule has 0 bridgehead atoms. The fraction of sp³-hybridized carbons (Fsp3) is 0.333. The normalized spacial score (nSPS) is 11.0. The number of hydrogen-bond acceptors (Lipinski definition) is 3. The van der Waals surface area contributed by atoms with E-state index in [9.17, 15) is 4.79 Å². The Morgan fingerprint density at radius 3 is 2.45 bits per heavy atom. The summed E-state index contributed by atoms with van der Waals surface area (Å²) in [5.41, 5.74) is 7.92. The zero-order chi connectivity index (χ0) is 14.5. The number of benzene rings is 1. The summed E-state index contributed by atoms with van der Waals surface area (Å²) >= 11 is 0. The van der Waals surface area contributed by atoms with Crippen LogP contribution in [0, 0.1) is 13.8 Å². The third-order valence-electron chi connectivity index (χ3n) is 3.29. The van der Waals surface area contributed by atoms with Crippen molar-refractivity contribution < 1.29 is 4.79 Å². The van der Waals surface area contributed by atoms with Gasteiger partial charge in [0.15, 0.2) is 0 Å². The Hall–Kier alpha value is -1.56. The molecule has 1 amide bonds. The minimum atomic E-state index is -0.625. The second-order valence-electron chi connectivity index (χ2n) is 4.85. The molecule has 1 atom stereocenters. The van der Waals surface area contributed by atoms with Crippen molar-refractivity contribution in [1.82, 2.24) is 14.9 Å². The average Bonchev–Trinajstić information content (AvgIpc) is 2.84. The van der Waals surface area contributed by atoms with Crippen molar-refractivity contribution in [3.05, 3.63) is 53.6 Å². The molecule has 122 valence electrons. The molecular formula is C15H22Cl2N4O. The number of carbonyl (C=O) groups is 1. The number of imidazole rings is 1. The molecule has 0 saturated carbocycles. The summed E-state index contributed by atoms with van der Waals surface area (Å²) < 4.78 is 1.98. The highest BCUT2D eigenvalue weighted by atomic mass is 35.5. The third-order valence-corrected chi connectivity index (χ3v) is 3.29. The van der Waals surface area contributed by atoms with Gasteiger partial charge in [-0.1, -0.05) is 29.8 Å². The number of hydrogen-bond donors (Lipinski definition) is 2. The van der Waals surface area contributed by atoms with Gasteiger partial charge in [0.25, 0.3) is 0 Å². The van der Waals surface area contributed by atoms with Crippen LogP contribution in [0.15, 0.2) is 36.7 Å². The Bertz CT molecular complexity index is 583. The van der Waals surface area contributed by atoms with Crippen LogP contribution in [0.4, 0.5) is 0 Å². The van der Waals surface area contributed by atoms with Crippen molar-refractivity contribution in [2.75, 3.05) is 6.54 Å². The van der Waals surface area contributed by atoms with E-state index in [0.29, 0.717) is 13.1 Å². The van der Waals surface area contributed by atoms with E-state index in [2.05, 4.69) is 10.3 Å². The van der Waals surface area contributed by atoms with Gasteiger partial charge >= 0.3 is 0 Å². The van der Waals surface area contributed by atoms with Crippen LogP contribution in [0.3, 0.4) is 0 Å². The van der Waals surface area contributed by atoms with Gasteiger partial charge in [-0.3, -0.25) is 4.79 Å². The predicted octanol–water partition coefficient (Wildman–Crippen LogP) is 2.16. The zero-order valence-corrected chi connectivity index (χ0v) is 14.3. The first-order chi connectivity index (χ1) is 9.58. The van der Waals surface area contributed by atoms with Gasteiger partial charge in [0.1, 0.15) is 11.9 Å². The molecule has 22 heavy (non-hydrogen) atoms. The first-order valence-corrected chi connectivity index (χ1v) is 6.65. The Kier molecular flexibility index (Phi) is 8.79. The molecule has 1 unspecified atom stereocenters. The van der Waals surface area contributed by atoms with E-state index in [4.69, 9.17) is 5.73 Å². The highest BCUT2D eigenvalue weighted by Gasteiger charge is 2.14. The molecule has 3 N–H and O–H groups in total. The first-order valence-electron chi connectivity index (χ1n) is 6.65. The topological polar surface area (TPSA) is 72.9 Å². The Morgan fingerprint density at radius 2 is 1.91 bits per heavy atom. The van der Waals surface area contributed by atoms with E-state index in [0.717, 1.165) is 17.0 Å². The zero-order valence-electron chi connectivity index (χ0n) is 12.7. The summed E-state index contributed by atoms with van der Waals surface area (Å²) in [6.45, 7) is 5.16. The summed E-state index contributed by atoms with van der Waals surface area (Å²) in [4.78, 5) is 16.1. The lowest BCUT2D eigenvalue weighted by atomic mass is 10.1. The molecule has 1 heterocycles. The molecule has 1 aromatic heterocycles. The van der Waals surface area contributed by atoms with E-state index >= 15 is 0 Å². The summed E-state index contributed by atoms with van der Waals surface area (Å²) in [5, 5.41) is 2.85. The Balaban J connectivity index is 0.00000220. The predicted molar refractivity (Wildman–Crippen MR) is 92.6 cm³/mol. The van der Waals surface area contributed by atoms with E-state index < -0.39 is 6.04 Å². The van der Waals surface area contributed by atoms with Crippen molar-refractivity contribution >= 4 is 30.7 Å². The number of nitrogens with one attached hydrogen (secondary N) is 1. The molecule has 7 heteroatoms. The second-order valence-corrected chi connectivity index (χ2v) is 4.85. The van der Waals surface area contributed by atoms with Gasteiger partial charge in [0.05, 0.1) is 0 Å². The lowest BCUT2D eigenvalue weighted by Crippen LogP contribution is -2.35. The maximum atomic E-state index is 12.0. The van der Waals surface area contributed by atoms with Crippen LogP contribution in [0.2, 0.25) is 0 Å². The minimum Gasteiger partial charge on any atom is -0.353 e. The summed E-state index contributed by atoms with van der Waals surface area (Å²) in [5.74, 6) is 0.772. The Labute approximate surface area is 143 Å². The van der Waals surface area contributed by atoms with Gasteiger partial charge in [0, 0.05) is 25.5 Å². The smallest absolute Gasteiger partial charge is 0.241 e. The summed E-state index contributed by atoms with van der Waals surface area (Å²) in [6, 6.07) is 7.06. The fourth-order valence-corrected chi connectivity index (χ4v) is 1.97. The molecule has 0 aliphatic rings.